The fourth-order valence-electron chi connectivity index (χ4n) is 2.91. The third-order valence-corrected chi connectivity index (χ3v) is 5.23. The van der Waals surface area contributed by atoms with E-state index in [4.69, 9.17) is 9.15 Å². The van der Waals surface area contributed by atoms with Crippen molar-refractivity contribution in [3.63, 3.8) is 0 Å². The zero-order chi connectivity index (χ0) is 22.9. The Labute approximate surface area is 195 Å². The lowest BCUT2D eigenvalue weighted by Gasteiger charge is -2.11. The number of ether oxygens (including phenoxy) is 1. The SMILES string of the molecule is CCCCNC(=O)C(=Cc1ccc(-c2ccc(Br)cc2)o1)NC(=O)c1ccc(OC)cc1. The second kappa shape index (κ2) is 11.3. The van der Waals surface area contributed by atoms with Gasteiger partial charge >= 0.3 is 0 Å². The summed E-state index contributed by atoms with van der Waals surface area (Å²) in [5.74, 6) is 0.992. The molecule has 0 bridgehead atoms. The van der Waals surface area contributed by atoms with E-state index in [-0.39, 0.29) is 11.6 Å². The van der Waals surface area contributed by atoms with Crippen molar-refractivity contribution in [2.45, 2.75) is 19.8 Å². The lowest BCUT2D eigenvalue weighted by atomic mass is 10.2. The number of carbonyl (C=O) groups excluding carboxylic acids is 2. The fraction of sp³-hybridized carbons (Fsp3) is 0.200. The number of methoxy groups -OCH3 is 1. The molecular weight excluding hydrogens is 472 g/mol. The van der Waals surface area contributed by atoms with Crippen LogP contribution in [0.15, 0.2) is 75.3 Å². The van der Waals surface area contributed by atoms with E-state index in [1.807, 2.05) is 37.3 Å². The highest BCUT2D eigenvalue weighted by atomic mass is 79.9. The van der Waals surface area contributed by atoms with Gasteiger partial charge in [-0.2, -0.15) is 0 Å². The van der Waals surface area contributed by atoms with E-state index in [9.17, 15) is 9.59 Å². The quantitative estimate of drug-likeness (QED) is 0.306. The van der Waals surface area contributed by atoms with Gasteiger partial charge in [-0.05, 0) is 55.0 Å². The maximum absolute atomic E-state index is 12.7. The molecule has 0 saturated heterocycles. The van der Waals surface area contributed by atoms with Gasteiger partial charge in [0.2, 0.25) is 0 Å². The van der Waals surface area contributed by atoms with Crippen molar-refractivity contribution in [1.29, 1.82) is 0 Å². The molecule has 0 aliphatic heterocycles. The average molecular weight is 497 g/mol. The Morgan fingerprint density at radius 1 is 1.03 bits per heavy atom. The number of unbranched alkanes of at least 4 members (excludes halogenated alkanes) is 1. The van der Waals surface area contributed by atoms with Crippen molar-refractivity contribution >= 4 is 33.8 Å². The molecule has 3 aromatic rings. The molecule has 2 N–H and O–H groups in total. The topological polar surface area (TPSA) is 80.6 Å². The number of carbonyl (C=O) groups is 2. The first-order chi connectivity index (χ1) is 15.5. The van der Waals surface area contributed by atoms with Gasteiger partial charge in [-0.1, -0.05) is 41.4 Å². The molecule has 0 aliphatic carbocycles. The zero-order valence-electron chi connectivity index (χ0n) is 18.0. The van der Waals surface area contributed by atoms with Gasteiger partial charge in [0.05, 0.1) is 7.11 Å². The highest BCUT2D eigenvalue weighted by Gasteiger charge is 2.16. The van der Waals surface area contributed by atoms with Crippen molar-refractivity contribution in [3.05, 3.63) is 82.2 Å². The molecule has 2 amide bonds. The summed E-state index contributed by atoms with van der Waals surface area (Å²) in [7, 11) is 1.56. The average Bonchev–Trinajstić information content (AvgIpc) is 3.27. The molecule has 0 unspecified atom stereocenters. The number of hydrogen-bond donors (Lipinski definition) is 2. The van der Waals surface area contributed by atoms with Crippen molar-refractivity contribution in [1.82, 2.24) is 10.6 Å². The van der Waals surface area contributed by atoms with Gasteiger partial charge in [-0.3, -0.25) is 9.59 Å². The Morgan fingerprint density at radius 3 is 2.41 bits per heavy atom. The first-order valence-corrected chi connectivity index (χ1v) is 11.1. The Kier molecular flexibility index (Phi) is 8.27. The molecule has 0 saturated carbocycles. The first-order valence-electron chi connectivity index (χ1n) is 10.3. The number of furan rings is 1. The smallest absolute Gasteiger partial charge is 0.267 e. The van der Waals surface area contributed by atoms with Crippen molar-refractivity contribution in [2.75, 3.05) is 13.7 Å². The molecule has 1 heterocycles. The van der Waals surface area contributed by atoms with Crippen molar-refractivity contribution in [2.24, 2.45) is 0 Å². The molecule has 0 aliphatic rings. The fourth-order valence-corrected chi connectivity index (χ4v) is 3.18. The number of amides is 2. The highest BCUT2D eigenvalue weighted by Crippen LogP contribution is 2.25. The summed E-state index contributed by atoms with van der Waals surface area (Å²) in [4.78, 5) is 25.5. The van der Waals surface area contributed by atoms with E-state index in [0.717, 1.165) is 22.9 Å². The minimum atomic E-state index is -0.399. The van der Waals surface area contributed by atoms with E-state index in [2.05, 4.69) is 26.6 Å². The van der Waals surface area contributed by atoms with Gasteiger partial charge in [0.25, 0.3) is 11.8 Å². The summed E-state index contributed by atoms with van der Waals surface area (Å²) in [5.41, 5.74) is 1.43. The van der Waals surface area contributed by atoms with Crippen LogP contribution in [0.4, 0.5) is 0 Å². The molecule has 3 rings (SSSR count). The van der Waals surface area contributed by atoms with E-state index in [1.165, 1.54) is 6.08 Å². The third kappa shape index (κ3) is 6.34. The Hall–Kier alpha value is -3.32. The standard InChI is InChI=1S/C25H25BrN2O4/c1-3-4-15-27-25(30)22(28-24(29)18-7-11-20(31-2)12-8-18)16-21-13-14-23(32-21)17-5-9-19(26)10-6-17/h5-14,16H,3-4,15H2,1-2H3,(H,27,30)(H,28,29). The van der Waals surface area contributed by atoms with Crippen LogP contribution < -0.4 is 15.4 Å². The summed E-state index contributed by atoms with van der Waals surface area (Å²) in [6, 6.07) is 18.0. The van der Waals surface area contributed by atoms with Crippen LogP contribution in [0.3, 0.4) is 0 Å². The number of benzene rings is 2. The number of halogens is 1. The monoisotopic (exact) mass is 496 g/mol. The lowest BCUT2D eigenvalue weighted by Crippen LogP contribution is -2.35. The van der Waals surface area contributed by atoms with Crippen LogP contribution in [0.25, 0.3) is 17.4 Å². The van der Waals surface area contributed by atoms with Crippen molar-refractivity contribution < 1.29 is 18.7 Å². The van der Waals surface area contributed by atoms with Crippen LogP contribution >= 0.6 is 15.9 Å². The lowest BCUT2D eigenvalue weighted by molar-refractivity contribution is -0.117. The van der Waals surface area contributed by atoms with Gasteiger partial charge in [0, 0.05) is 28.2 Å². The van der Waals surface area contributed by atoms with Gasteiger partial charge in [0.15, 0.2) is 0 Å². The minimum absolute atomic E-state index is 0.110. The molecule has 32 heavy (non-hydrogen) atoms. The van der Waals surface area contributed by atoms with Gasteiger partial charge in [-0.25, -0.2) is 0 Å². The summed E-state index contributed by atoms with van der Waals surface area (Å²) >= 11 is 3.42. The Balaban J connectivity index is 1.83. The second-order valence-electron chi connectivity index (χ2n) is 7.06. The summed E-state index contributed by atoms with van der Waals surface area (Å²) in [6.45, 7) is 2.56. The van der Waals surface area contributed by atoms with Gasteiger partial charge in [-0.15, -0.1) is 0 Å². The number of nitrogens with one attached hydrogen (secondary N) is 2. The molecule has 1 aromatic heterocycles. The predicted octanol–water partition coefficient (Wildman–Crippen LogP) is 5.40. The summed E-state index contributed by atoms with van der Waals surface area (Å²) in [6.07, 6.45) is 3.33. The van der Waals surface area contributed by atoms with Crippen LogP contribution in [-0.2, 0) is 4.79 Å². The molecule has 166 valence electrons. The predicted molar refractivity (Wildman–Crippen MR) is 128 cm³/mol. The third-order valence-electron chi connectivity index (χ3n) is 4.70. The van der Waals surface area contributed by atoms with E-state index >= 15 is 0 Å². The van der Waals surface area contributed by atoms with E-state index in [0.29, 0.717) is 29.4 Å². The Bertz CT molecular complexity index is 1090. The van der Waals surface area contributed by atoms with E-state index < -0.39 is 5.91 Å². The molecule has 7 heteroatoms. The summed E-state index contributed by atoms with van der Waals surface area (Å²) in [5, 5.41) is 5.54. The maximum atomic E-state index is 12.7. The van der Waals surface area contributed by atoms with Crippen LogP contribution in [0.1, 0.15) is 35.9 Å². The first kappa shape index (κ1) is 23.3. The minimum Gasteiger partial charge on any atom is -0.497 e. The normalized spacial score (nSPS) is 11.2. The largest absolute Gasteiger partial charge is 0.497 e. The van der Waals surface area contributed by atoms with Crippen LogP contribution in [0, 0.1) is 0 Å². The zero-order valence-corrected chi connectivity index (χ0v) is 19.6. The molecule has 0 fully saturated rings. The molecule has 6 nitrogen and oxygen atoms in total. The van der Waals surface area contributed by atoms with Gasteiger partial charge in [0.1, 0.15) is 23.0 Å². The van der Waals surface area contributed by atoms with E-state index in [1.54, 1.807) is 37.4 Å². The Morgan fingerprint density at radius 2 is 1.75 bits per heavy atom. The number of hydrogen-bond acceptors (Lipinski definition) is 4. The molecule has 0 radical (unpaired) electrons. The van der Waals surface area contributed by atoms with Crippen LogP contribution in [0.5, 0.6) is 5.75 Å². The van der Waals surface area contributed by atoms with Crippen LogP contribution in [0.2, 0.25) is 0 Å². The van der Waals surface area contributed by atoms with Crippen LogP contribution in [-0.4, -0.2) is 25.5 Å². The molecule has 0 spiro atoms. The van der Waals surface area contributed by atoms with Crippen molar-refractivity contribution in [3.8, 4) is 17.1 Å². The second-order valence-corrected chi connectivity index (χ2v) is 7.97. The molecule has 0 atom stereocenters. The summed E-state index contributed by atoms with van der Waals surface area (Å²) < 4.78 is 12.0. The molecular formula is C25H25BrN2O4. The highest BCUT2D eigenvalue weighted by molar-refractivity contribution is 9.10. The maximum Gasteiger partial charge on any atom is 0.267 e. The molecule has 2 aromatic carbocycles. The van der Waals surface area contributed by atoms with Gasteiger partial charge < -0.3 is 19.8 Å². The number of rotatable bonds is 9.